The van der Waals surface area contributed by atoms with Gasteiger partial charge in [-0.1, -0.05) is 180 Å². The quantitative estimate of drug-likeness (QED) is 0.0695. The molecule has 0 aliphatic carbocycles. The van der Waals surface area contributed by atoms with Crippen LogP contribution in [-0.4, -0.2) is 17.0 Å². The predicted octanol–water partition coefficient (Wildman–Crippen LogP) is 12.4. The number of carboxylic acid groups (broad SMARTS) is 1. The molecule has 0 amide bonds. The fourth-order valence-corrected chi connectivity index (χ4v) is 5.51. The molecule has 0 aliphatic rings. The van der Waals surface area contributed by atoms with Gasteiger partial charge in [0.15, 0.2) is 0 Å². The van der Waals surface area contributed by atoms with Crippen molar-refractivity contribution in [3.05, 3.63) is 0 Å². The maximum Gasteiger partial charge on any atom is 0.303 e. The fraction of sp³-hybridized carbons (Fsp3) is 0.970. The lowest BCUT2D eigenvalue weighted by Crippen LogP contribution is -1.93. The van der Waals surface area contributed by atoms with Crippen molar-refractivity contribution in [3.8, 4) is 0 Å². The van der Waals surface area contributed by atoms with Crippen LogP contribution in [0, 0.1) is 0 Å². The zero-order valence-electron chi connectivity index (χ0n) is 24.4. The Labute approximate surface area is 232 Å². The SMILES string of the molecule is O=C(O)CCCCCCCCCCCCCCCCCCCCCCCCCCCCCCCCCl. The summed E-state index contributed by atoms with van der Waals surface area (Å²) in [6.07, 6.45) is 41.8. The third kappa shape index (κ3) is 33.8. The molecule has 0 saturated carbocycles. The first kappa shape index (κ1) is 35.8. The molecule has 36 heavy (non-hydrogen) atoms. The van der Waals surface area contributed by atoms with E-state index < -0.39 is 5.97 Å². The van der Waals surface area contributed by atoms with E-state index in [1.54, 1.807) is 0 Å². The number of carbonyl (C=O) groups is 1. The van der Waals surface area contributed by atoms with Crippen LogP contribution in [0.2, 0.25) is 0 Å². The van der Waals surface area contributed by atoms with Crippen LogP contribution in [0.3, 0.4) is 0 Å². The summed E-state index contributed by atoms with van der Waals surface area (Å²) in [6.45, 7) is 0. The van der Waals surface area contributed by atoms with Crippen LogP contribution in [0.5, 0.6) is 0 Å². The molecule has 3 heteroatoms. The molecule has 0 bridgehead atoms. The van der Waals surface area contributed by atoms with Gasteiger partial charge in [-0.25, -0.2) is 0 Å². The Morgan fingerprint density at radius 1 is 0.333 bits per heavy atom. The van der Waals surface area contributed by atoms with Crippen LogP contribution in [0.1, 0.15) is 199 Å². The Hall–Kier alpha value is -0.240. The monoisotopic (exact) mass is 528 g/mol. The van der Waals surface area contributed by atoms with Crippen molar-refractivity contribution in [2.24, 2.45) is 0 Å². The van der Waals surface area contributed by atoms with Crippen LogP contribution in [0.25, 0.3) is 0 Å². The van der Waals surface area contributed by atoms with Gasteiger partial charge < -0.3 is 5.11 Å². The lowest BCUT2D eigenvalue weighted by molar-refractivity contribution is -0.137. The zero-order chi connectivity index (χ0) is 26.2. The minimum atomic E-state index is -0.650. The summed E-state index contributed by atoms with van der Waals surface area (Å²) in [5.74, 6) is 0.189. The third-order valence-electron chi connectivity index (χ3n) is 7.77. The minimum Gasteiger partial charge on any atom is -0.481 e. The van der Waals surface area contributed by atoms with E-state index in [1.807, 2.05) is 0 Å². The maximum absolute atomic E-state index is 10.5. The van der Waals surface area contributed by atoms with Crippen LogP contribution < -0.4 is 0 Å². The third-order valence-corrected chi connectivity index (χ3v) is 8.04. The molecule has 0 atom stereocenters. The van der Waals surface area contributed by atoms with Gasteiger partial charge in [0, 0.05) is 12.3 Å². The Kier molecular flexibility index (Phi) is 32.6. The average Bonchev–Trinajstić information content (AvgIpc) is 2.87. The second-order valence-corrected chi connectivity index (χ2v) is 11.8. The normalized spacial score (nSPS) is 11.4. The van der Waals surface area contributed by atoms with Gasteiger partial charge in [0.1, 0.15) is 0 Å². The van der Waals surface area contributed by atoms with E-state index in [0.717, 1.165) is 18.7 Å². The van der Waals surface area contributed by atoms with Crippen LogP contribution in [0.4, 0.5) is 0 Å². The van der Waals surface area contributed by atoms with Gasteiger partial charge in [-0.15, -0.1) is 11.6 Å². The summed E-state index contributed by atoms with van der Waals surface area (Å²) < 4.78 is 0. The summed E-state index contributed by atoms with van der Waals surface area (Å²) in [5.41, 5.74) is 0. The standard InChI is InChI=1S/C33H65ClO2/c34-32-30-28-26-24-22-20-18-16-14-12-10-8-6-4-2-1-3-5-7-9-11-13-15-17-19-21-23-25-27-29-31-33(35)36/h1-32H2,(H,35,36). The average molecular weight is 529 g/mol. The van der Waals surface area contributed by atoms with Crippen molar-refractivity contribution < 1.29 is 9.90 Å². The molecule has 0 aromatic heterocycles. The van der Waals surface area contributed by atoms with Gasteiger partial charge in [-0.05, 0) is 12.8 Å². The number of unbranched alkanes of at least 4 members (excludes halogenated alkanes) is 29. The number of hydrogen-bond donors (Lipinski definition) is 1. The summed E-state index contributed by atoms with van der Waals surface area (Å²) in [5, 5.41) is 8.62. The van der Waals surface area contributed by atoms with Crippen LogP contribution in [-0.2, 0) is 4.79 Å². The Morgan fingerprint density at radius 2 is 0.500 bits per heavy atom. The highest BCUT2D eigenvalue weighted by molar-refractivity contribution is 6.17. The highest BCUT2D eigenvalue weighted by atomic mass is 35.5. The van der Waals surface area contributed by atoms with Crippen molar-refractivity contribution in [3.63, 3.8) is 0 Å². The highest BCUT2D eigenvalue weighted by Crippen LogP contribution is 2.16. The molecular weight excluding hydrogens is 464 g/mol. The van der Waals surface area contributed by atoms with Gasteiger partial charge in [0.05, 0.1) is 0 Å². The van der Waals surface area contributed by atoms with Crippen molar-refractivity contribution in [1.82, 2.24) is 0 Å². The van der Waals surface area contributed by atoms with Crippen LogP contribution in [0.15, 0.2) is 0 Å². The first-order valence-corrected chi connectivity index (χ1v) is 17.1. The summed E-state index contributed by atoms with van der Waals surface area (Å²) in [6, 6.07) is 0. The molecule has 0 aliphatic heterocycles. The molecule has 0 rings (SSSR count). The molecule has 0 aromatic rings. The number of carboxylic acids is 1. The first-order valence-electron chi connectivity index (χ1n) is 16.5. The number of hydrogen-bond acceptors (Lipinski definition) is 1. The molecule has 216 valence electrons. The van der Waals surface area contributed by atoms with E-state index in [1.165, 1.54) is 180 Å². The predicted molar refractivity (Wildman–Crippen MR) is 161 cm³/mol. The molecule has 0 spiro atoms. The van der Waals surface area contributed by atoms with Gasteiger partial charge in [-0.2, -0.15) is 0 Å². The molecular formula is C33H65ClO2. The van der Waals surface area contributed by atoms with Gasteiger partial charge in [0.25, 0.3) is 0 Å². The summed E-state index contributed by atoms with van der Waals surface area (Å²) >= 11 is 5.72. The maximum atomic E-state index is 10.5. The van der Waals surface area contributed by atoms with Gasteiger partial charge >= 0.3 is 5.97 Å². The molecule has 2 nitrogen and oxygen atoms in total. The Morgan fingerprint density at radius 3 is 0.667 bits per heavy atom. The molecule has 0 radical (unpaired) electrons. The zero-order valence-corrected chi connectivity index (χ0v) is 25.1. The highest BCUT2D eigenvalue weighted by Gasteiger charge is 1.98. The van der Waals surface area contributed by atoms with Crippen molar-refractivity contribution in [1.29, 1.82) is 0 Å². The van der Waals surface area contributed by atoms with E-state index >= 15 is 0 Å². The van der Waals surface area contributed by atoms with Gasteiger partial charge in [0.2, 0.25) is 0 Å². The van der Waals surface area contributed by atoms with Gasteiger partial charge in [-0.3, -0.25) is 4.79 Å². The lowest BCUT2D eigenvalue weighted by atomic mass is 10.0. The molecule has 0 heterocycles. The Balaban J connectivity index is 3.02. The summed E-state index contributed by atoms with van der Waals surface area (Å²) in [7, 11) is 0. The molecule has 0 unspecified atom stereocenters. The molecule has 0 aromatic carbocycles. The van der Waals surface area contributed by atoms with E-state index in [0.29, 0.717) is 6.42 Å². The van der Waals surface area contributed by atoms with Crippen LogP contribution >= 0.6 is 11.6 Å². The number of rotatable bonds is 32. The number of aliphatic carboxylic acids is 1. The van der Waals surface area contributed by atoms with Crippen molar-refractivity contribution >= 4 is 17.6 Å². The molecule has 0 saturated heterocycles. The minimum absolute atomic E-state index is 0.345. The van der Waals surface area contributed by atoms with Crippen molar-refractivity contribution in [2.45, 2.75) is 199 Å². The second kappa shape index (κ2) is 32.8. The second-order valence-electron chi connectivity index (χ2n) is 11.4. The van der Waals surface area contributed by atoms with E-state index in [-0.39, 0.29) is 0 Å². The summed E-state index contributed by atoms with van der Waals surface area (Å²) in [4.78, 5) is 10.5. The van der Waals surface area contributed by atoms with E-state index in [9.17, 15) is 4.79 Å². The first-order chi connectivity index (χ1) is 17.8. The topological polar surface area (TPSA) is 37.3 Å². The number of halogens is 1. The number of alkyl halides is 1. The van der Waals surface area contributed by atoms with E-state index in [2.05, 4.69) is 0 Å². The van der Waals surface area contributed by atoms with E-state index in [4.69, 9.17) is 16.7 Å². The molecule has 0 fully saturated rings. The smallest absolute Gasteiger partial charge is 0.303 e. The molecule has 1 N–H and O–H groups in total. The lowest BCUT2D eigenvalue weighted by Gasteiger charge is -2.04. The fourth-order valence-electron chi connectivity index (χ4n) is 5.32. The largest absolute Gasteiger partial charge is 0.481 e. The van der Waals surface area contributed by atoms with Crippen molar-refractivity contribution in [2.75, 3.05) is 5.88 Å². The Bertz CT molecular complexity index is 412.